The number of terminal acetylenes is 2. The summed E-state index contributed by atoms with van der Waals surface area (Å²) in [6.07, 6.45) is 13.9. The van der Waals surface area contributed by atoms with Crippen molar-refractivity contribution >= 4 is 0 Å². The summed E-state index contributed by atoms with van der Waals surface area (Å²) in [6, 6.07) is 0. The fourth-order valence-electron chi connectivity index (χ4n) is 0.938. The van der Waals surface area contributed by atoms with Gasteiger partial charge in [0.25, 0.3) is 5.56 Å². The molecule has 19 heavy (non-hydrogen) atoms. The summed E-state index contributed by atoms with van der Waals surface area (Å²) in [7, 11) is 0. The highest BCUT2D eigenvalue weighted by molar-refractivity contribution is 5.25. The molecule has 0 fully saturated rings. The SMILES string of the molecule is C#Cc1c[nH]c(=O)[nH]c1=O.C#Cc1cnc(=O)[nH]c1. The van der Waals surface area contributed by atoms with E-state index in [0.717, 1.165) is 0 Å². The predicted molar refractivity (Wildman–Crippen MR) is 68.4 cm³/mol. The number of aromatic nitrogens is 4. The van der Waals surface area contributed by atoms with Gasteiger partial charge in [0.15, 0.2) is 0 Å². The molecule has 0 atom stereocenters. The molecule has 0 aliphatic rings. The van der Waals surface area contributed by atoms with Crippen molar-refractivity contribution in [2.75, 3.05) is 0 Å². The van der Waals surface area contributed by atoms with Crippen molar-refractivity contribution in [3.63, 3.8) is 0 Å². The highest BCUT2D eigenvalue weighted by Crippen LogP contribution is 1.83. The summed E-state index contributed by atoms with van der Waals surface area (Å²) in [5.41, 5.74) is -0.765. The van der Waals surface area contributed by atoms with Crippen LogP contribution in [0.5, 0.6) is 0 Å². The second-order valence-corrected chi connectivity index (χ2v) is 3.08. The number of nitrogens with zero attached hydrogens (tertiary/aromatic N) is 1. The van der Waals surface area contributed by atoms with Crippen molar-refractivity contribution in [3.05, 3.63) is 61.0 Å². The normalized spacial score (nSPS) is 8.53. The van der Waals surface area contributed by atoms with E-state index >= 15 is 0 Å². The van der Waals surface area contributed by atoms with Crippen LogP contribution in [0, 0.1) is 24.7 Å². The molecule has 0 spiro atoms. The van der Waals surface area contributed by atoms with Gasteiger partial charge in [-0.25, -0.2) is 14.6 Å². The molecule has 94 valence electrons. The van der Waals surface area contributed by atoms with Crippen LogP contribution in [-0.2, 0) is 0 Å². The minimum Gasteiger partial charge on any atom is -0.313 e. The maximum absolute atomic E-state index is 10.7. The van der Waals surface area contributed by atoms with Crippen LogP contribution in [0.15, 0.2) is 33.0 Å². The van der Waals surface area contributed by atoms with Crippen LogP contribution in [0.25, 0.3) is 0 Å². The van der Waals surface area contributed by atoms with Gasteiger partial charge in [-0.2, -0.15) is 0 Å². The van der Waals surface area contributed by atoms with Gasteiger partial charge < -0.3 is 9.97 Å². The van der Waals surface area contributed by atoms with E-state index in [-0.39, 0.29) is 11.3 Å². The van der Waals surface area contributed by atoms with Gasteiger partial charge >= 0.3 is 11.4 Å². The number of rotatable bonds is 0. The van der Waals surface area contributed by atoms with Gasteiger partial charge in [0, 0.05) is 18.6 Å². The summed E-state index contributed by atoms with van der Waals surface area (Å²) < 4.78 is 0. The Labute approximate surface area is 106 Å². The van der Waals surface area contributed by atoms with Crippen molar-refractivity contribution in [2.45, 2.75) is 0 Å². The minimum atomic E-state index is -0.552. The van der Waals surface area contributed by atoms with E-state index in [1.165, 1.54) is 18.6 Å². The molecule has 0 radical (unpaired) electrons. The molecular weight excluding hydrogens is 248 g/mol. The number of hydrogen-bond acceptors (Lipinski definition) is 4. The second-order valence-electron chi connectivity index (χ2n) is 3.08. The molecule has 0 amide bonds. The summed E-state index contributed by atoms with van der Waals surface area (Å²) in [5.74, 6) is 4.43. The van der Waals surface area contributed by atoms with Crippen molar-refractivity contribution < 1.29 is 0 Å². The Morgan fingerprint density at radius 2 is 1.79 bits per heavy atom. The summed E-state index contributed by atoms with van der Waals surface area (Å²) in [4.78, 5) is 41.3. The Kier molecular flexibility index (Phi) is 4.65. The zero-order valence-electron chi connectivity index (χ0n) is 9.56. The van der Waals surface area contributed by atoms with Crippen LogP contribution in [0.1, 0.15) is 11.1 Å². The molecule has 2 rings (SSSR count). The summed E-state index contributed by atoms with van der Waals surface area (Å²) in [6.45, 7) is 0. The summed E-state index contributed by atoms with van der Waals surface area (Å²) >= 11 is 0. The standard InChI is InChI=1S/C6H4N2O2.C6H4N2O/c1-2-4-3-7-6(10)8-5(4)9;1-2-5-3-7-6(9)8-4-5/h1,3H,(H2,7,8,9,10);1,3-4H,(H,7,8,9). The molecule has 7 heteroatoms. The zero-order chi connectivity index (χ0) is 14.3. The maximum atomic E-state index is 10.7. The van der Waals surface area contributed by atoms with Crippen LogP contribution in [-0.4, -0.2) is 19.9 Å². The Balaban J connectivity index is 0.000000191. The minimum absolute atomic E-state index is 0.125. The molecule has 0 saturated heterocycles. The van der Waals surface area contributed by atoms with Crippen molar-refractivity contribution in [2.24, 2.45) is 0 Å². The first kappa shape index (κ1) is 13.7. The molecule has 0 unspecified atom stereocenters. The van der Waals surface area contributed by atoms with Gasteiger partial charge in [0.05, 0.1) is 5.56 Å². The fraction of sp³-hybridized carbons (Fsp3) is 0. The Hall–Kier alpha value is -3.32. The molecule has 0 aliphatic carbocycles. The third-order valence-electron chi connectivity index (χ3n) is 1.81. The van der Waals surface area contributed by atoms with Crippen molar-refractivity contribution in [1.82, 2.24) is 19.9 Å². The molecule has 2 heterocycles. The average Bonchev–Trinajstić information content (AvgIpc) is 2.40. The zero-order valence-corrected chi connectivity index (χ0v) is 9.56. The summed E-state index contributed by atoms with van der Waals surface area (Å²) in [5, 5.41) is 0. The van der Waals surface area contributed by atoms with Crippen LogP contribution < -0.4 is 16.9 Å². The third kappa shape index (κ3) is 4.21. The topological polar surface area (TPSA) is 111 Å². The van der Waals surface area contributed by atoms with E-state index in [1.807, 2.05) is 4.98 Å². The number of H-pyrrole nitrogens is 3. The fourth-order valence-corrected chi connectivity index (χ4v) is 0.938. The van der Waals surface area contributed by atoms with E-state index in [0.29, 0.717) is 5.56 Å². The molecule has 0 bridgehead atoms. The lowest BCUT2D eigenvalue weighted by atomic mass is 10.4. The van der Waals surface area contributed by atoms with E-state index in [9.17, 15) is 14.4 Å². The maximum Gasteiger partial charge on any atom is 0.344 e. The van der Waals surface area contributed by atoms with E-state index in [2.05, 4.69) is 26.8 Å². The first-order chi connectivity index (χ1) is 9.06. The quantitative estimate of drug-likeness (QED) is 0.514. The predicted octanol–water partition coefficient (Wildman–Crippen LogP) is -1.20. The van der Waals surface area contributed by atoms with E-state index in [4.69, 9.17) is 12.8 Å². The highest BCUT2D eigenvalue weighted by Gasteiger charge is 1.92. The largest absolute Gasteiger partial charge is 0.344 e. The number of nitrogens with one attached hydrogen (secondary N) is 3. The van der Waals surface area contributed by atoms with Crippen LogP contribution >= 0.6 is 0 Å². The third-order valence-corrected chi connectivity index (χ3v) is 1.81. The molecule has 7 nitrogen and oxygen atoms in total. The monoisotopic (exact) mass is 256 g/mol. The van der Waals surface area contributed by atoms with Crippen LogP contribution in [0.2, 0.25) is 0 Å². The van der Waals surface area contributed by atoms with Gasteiger partial charge in [-0.05, 0) is 0 Å². The second kappa shape index (κ2) is 6.42. The van der Waals surface area contributed by atoms with Gasteiger partial charge in [-0.3, -0.25) is 9.78 Å². The lowest BCUT2D eigenvalue weighted by Crippen LogP contribution is -2.23. The number of aromatic amines is 3. The van der Waals surface area contributed by atoms with Gasteiger partial charge in [0.2, 0.25) is 0 Å². The Morgan fingerprint density at radius 1 is 1.05 bits per heavy atom. The molecular formula is C12H8N4O3. The molecule has 0 saturated carbocycles. The van der Waals surface area contributed by atoms with Gasteiger partial charge in [-0.15, -0.1) is 12.8 Å². The molecule has 3 N–H and O–H groups in total. The number of hydrogen-bond donors (Lipinski definition) is 3. The smallest absolute Gasteiger partial charge is 0.313 e. The highest BCUT2D eigenvalue weighted by atomic mass is 16.2. The first-order valence-electron chi connectivity index (χ1n) is 4.86. The van der Waals surface area contributed by atoms with Gasteiger partial charge in [-0.1, -0.05) is 11.8 Å². The van der Waals surface area contributed by atoms with Crippen LogP contribution in [0.3, 0.4) is 0 Å². The first-order valence-corrected chi connectivity index (χ1v) is 4.86. The van der Waals surface area contributed by atoms with Crippen molar-refractivity contribution in [1.29, 1.82) is 0 Å². The van der Waals surface area contributed by atoms with E-state index < -0.39 is 11.2 Å². The molecule has 2 aromatic rings. The lowest BCUT2D eigenvalue weighted by molar-refractivity contribution is 1.03. The molecule has 0 aliphatic heterocycles. The van der Waals surface area contributed by atoms with Gasteiger partial charge in [0.1, 0.15) is 5.56 Å². The molecule has 0 aromatic carbocycles. The van der Waals surface area contributed by atoms with Crippen LogP contribution in [0.4, 0.5) is 0 Å². The molecule has 2 aromatic heterocycles. The van der Waals surface area contributed by atoms with Crippen molar-refractivity contribution in [3.8, 4) is 24.7 Å². The Bertz CT molecular complexity index is 794. The lowest BCUT2D eigenvalue weighted by Gasteiger charge is -1.84. The van der Waals surface area contributed by atoms with E-state index in [1.54, 1.807) is 0 Å². The average molecular weight is 256 g/mol. The Morgan fingerprint density at radius 3 is 2.26 bits per heavy atom.